The van der Waals surface area contributed by atoms with E-state index in [1.165, 1.54) is 11.3 Å². The Balaban J connectivity index is 1.78. The number of halogens is 1. The van der Waals surface area contributed by atoms with Crippen molar-refractivity contribution in [2.45, 2.75) is 6.92 Å². The maximum Gasteiger partial charge on any atom is 0.187 e. The predicted octanol–water partition coefficient (Wildman–Crippen LogP) is 5.41. The molecular formula is C17H13ClN2OS. The predicted molar refractivity (Wildman–Crippen MR) is 92.3 cm³/mol. The van der Waals surface area contributed by atoms with Crippen LogP contribution in [0.15, 0.2) is 53.9 Å². The molecule has 3 rings (SSSR count). The standard InChI is InChI=1S/C17H13ClN2OS/c1-11(21)12-5-7-15(8-6-12)19-17-20-16(10-22-17)13-3-2-4-14(18)9-13/h2-10H,1H3,(H,19,20). The highest BCUT2D eigenvalue weighted by Gasteiger charge is 2.06. The zero-order valence-electron chi connectivity index (χ0n) is 11.8. The third kappa shape index (κ3) is 3.35. The molecule has 0 unspecified atom stereocenters. The molecular weight excluding hydrogens is 316 g/mol. The molecule has 1 N–H and O–H groups in total. The molecule has 0 aliphatic carbocycles. The van der Waals surface area contributed by atoms with Gasteiger partial charge in [-0.05, 0) is 43.3 Å². The number of rotatable bonds is 4. The summed E-state index contributed by atoms with van der Waals surface area (Å²) in [5.41, 5.74) is 3.47. The Morgan fingerprint density at radius 1 is 1.18 bits per heavy atom. The van der Waals surface area contributed by atoms with E-state index in [0.717, 1.165) is 22.1 Å². The van der Waals surface area contributed by atoms with Gasteiger partial charge in [0.15, 0.2) is 10.9 Å². The van der Waals surface area contributed by atoms with Gasteiger partial charge in [-0.2, -0.15) is 0 Å². The van der Waals surface area contributed by atoms with E-state index in [-0.39, 0.29) is 5.78 Å². The lowest BCUT2D eigenvalue weighted by atomic mass is 10.1. The lowest BCUT2D eigenvalue weighted by Crippen LogP contribution is -1.93. The van der Waals surface area contributed by atoms with E-state index in [1.54, 1.807) is 19.1 Å². The van der Waals surface area contributed by atoms with Crippen molar-refractivity contribution in [3.63, 3.8) is 0 Å². The molecule has 1 aromatic heterocycles. The van der Waals surface area contributed by atoms with Gasteiger partial charge in [0.2, 0.25) is 0 Å². The monoisotopic (exact) mass is 328 g/mol. The van der Waals surface area contributed by atoms with Crippen LogP contribution >= 0.6 is 22.9 Å². The summed E-state index contributed by atoms with van der Waals surface area (Å²) in [7, 11) is 0. The minimum atomic E-state index is 0.0593. The van der Waals surface area contributed by atoms with E-state index in [0.29, 0.717) is 10.6 Å². The fourth-order valence-corrected chi connectivity index (χ4v) is 2.95. The Labute approximate surface area is 137 Å². The second kappa shape index (κ2) is 6.30. The number of ketones is 1. The van der Waals surface area contributed by atoms with Crippen molar-refractivity contribution in [1.82, 2.24) is 4.98 Å². The first-order valence-corrected chi connectivity index (χ1v) is 7.97. The molecule has 0 amide bonds. The van der Waals surface area contributed by atoms with Gasteiger partial charge >= 0.3 is 0 Å². The van der Waals surface area contributed by atoms with Crippen molar-refractivity contribution in [1.29, 1.82) is 0 Å². The number of carbonyl (C=O) groups excluding carboxylic acids is 1. The average molecular weight is 329 g/mol. The molecule has 110 valence electrons. The van der Waals surface area contributed by atoms with Crippen molar-refractivity contribution < 1.29 is 4.79 Å². The van der Waals surface area contributed by atoms with Crippen LogP contribution in [0.5, 0.6) is 0 Å². The summed E-state index contributed by atoms with van der Waals surface area (Å²) in [6.07, 6.45) is 0. The van der Waals surface area contributed by atoms with E-state index >= 15 is 0 Å². The highest BCUT2D eigenvalue weighted by atomic mass is 35.5. The van der Waals surface area contributed by atoms with Gasteiger partial charge < -0.3 is 5.32 Å². The van der Waals surface area contributed by atoms with Gasteiger partial charge in [-0.25, -0.2) is 4.98 Å². The molecule has 0 aliphatic rings. The number of carbonyl (C=O) groups is 1. The lowest BCUT2D eigenvalue weighted by Gasteiger charge is -2.03. The minimum Gasteiger partial charge on any atom is -0.332 e. The van der Waals surface area contributed by atoms with Crippen molar-refractivity contribution in [2.24, 2.45) is 0 Å². The Morgan fingerprint density at radius 3 is 2.64 bits per heavy atom. The molecule has 0 radical (unpaired) electrons. The van der Waals surface area contributed by atoms with E-state index in [9.17, 15) is 4.79 Å². The molecule has 0 bridgehead atoms. The molecule has 5 heteroatoms. The van der Waals surface area contributed by atoms with Crippen LogP contribution < -0.4 is 5.32 Å². The topological polar surface area (TPSA) is 42.0 Å². The van der Waals surface area contributed by atoms with Gasteiger partial charge in [-0.1, -0.05) is 23.7 Å². The van der Waals surface area contributed by atoms with Crippen LogP contribution in [0.1, 0.15) is 17.3 Å². The maximum atomic E-state index is 11.3. The van der Waals surface area contributed by atoms with E-state index in [1.807, 2.05) is 41.8 Å². The van der Waals surface area contributed by atoms with Crippen molar-refractivity contribution in [3.8, 4) is 11.3 Å². The zero-order valence-corrected chi connectivity index (χ0v) is 13.4. The summed E-state index contributed by atoms with van der Waals surface area (Å²) >= 11 is 7.53. The van der Waals surface area contributed by atoms with Crippen molar-refractivity contribution >= 4 is 39.5 Å². The largest absolute Gasteiger partial charge is 0.332 e. The molecule has 0 fully saturated rings. The molecule has 1 heterocycles. The van der Waals surface area contributed by atoms with E-state index in [2.05, 4.69) is 10.3 Å². The molecule has 0 saturated heterocycles. The zero-order chi connectivity index (χ0) is 15.5. The van der Waals surface area contributed by atoms with Gasteiger partial charge in [0.05, 0.1) is 5.69 Å². The van der Waals surface area contributed by atoms with Crippen LogP contribution in [-0.2, 0) is 0 Å². The number of nitrogens with one attached hydrogen (secondary N) is 1. The third-order valence-corrected chi connectivity index (χ3v) is 4.16. The second-order valence-corrected chi connectivity index (χ2v) is 6.10. The Hall–Kier alpha value is -2.17. The first kappa shape index (κ1) is 14.8. The molecule has 22 heavy (non-hydrogen) atoms. The highest BCUT2D eigenvalue weighted by molar-refractivity contribution is 7.14. The lowest BCUT2D eigenvalue weighted by molar-refractivity contribution is 0.101. The van der Waals surface area contributed by atoms with Crippen LogP contribution in [0.4, 0.5) is 10.8 Å². The smallest absolute Gasteiger partial charge is 0.187 e. The highest BCUT2D eigenvalue weighted by Crippen LogP contribution is 2.28. The van der Waals surface area contributed by atoms with Crippen LogP contribution in [0.25, 0.3) is 11.3 Å². The summed E-state index contributed by atoms with van der Waals surface area (Å²) in [5.74, 6) is 0.0593. The number of Topliss-reactive ketones (excluding diaryl/α,β-unsaturated/α-hetero) is 1. The van der Waals surface area contributed by atoms with Crippen molar-refractivity contribution in [3.05, 3.63) is 64.5 Å². The molecule has 0 aliphatic heterocycles. The average Bonchev–Trinajstić information content (AvgIpc) is 2.96. The fraction of sp³-hybridized carbons (Fsp3) is 0.0588. The van der Waals surface area contributed by atoms with Gasteiger partial charge in [0, 0.05) is 27.2 Å². The Morgan fingerprint density at radius 2 is 1.95 bits per heavy atom. The number of benzene rings is 2. The van der Waals surface area contributed by atoms with Crippen LogP contribution in [0, 0.1) is 0 Å². The number of anilines is 2. The van der Waals surface area contributed by atoms with E-state index < -0.39 is 0 Å². The second-order valence-electron chi connectivity index (χ2n) is 4.81. The summed E-state index contributed by atoms with van der Waals surface area (Å²) < 4.78 is 0. The van der Waals surface area contributed by atoms with Crippen LogP contribution in [-0.4, -0.2) is 10.8 Å². The molecule has 3 nitrogen and oxygen atoms in total. The van der Waals surface area contributed by atoms with Gasteiger partial charge in [0.25, 0.3) is 0 Å². The fourth-order valence-electron chi connectivity index (χ4n) is 2.02. The first-order chi connectivity index (χ1) is 10.6. The van der Waals surface area contributed by atoms with Crippen molar-refractivity contribution in [2.75, 3.05) is 5.32 Å². The third-order valence-electron chi connectivity index (χ3n) is 3.17. The summed E-state index contributed by atoms with van der Waals surface area (Å²) in [5, 5.41) is 6.71. The summed E-state index contributed by atoms with van der Waals surface area (Å²) in [6.45, 7) is 1.56. The molecule has 0 spiro atoms. The van der Waals surface area contributed by atoms with Gasteiger partial charge in [-0.15, -0.1) is 11.3 Å². The number of hydrogen-bond donors (Lipinski definition) is 1. The van der Waals surface area contributed by atoms with Crippen LogP contribution in [0.2, 0.25) is 5.02 Å². The SMILES string of the molecule is CC(=O)c1ccc(Nc2nc(-c3cccc(Cl)c3)cs2)cc1. The number of nitrogens with zero attached hydrogens (tertiary/aromatic N) is 1. The summed E-state index contributed by atoms with van der Waals surface area (Å²) in [6, 6.07) is 15.0. The van der Waals surface area contributed by atoms with Crippen LogP contribution in [0.3, 0.4) is 0 Å². The maximum absolute atomic E-state index is 11.3. The number of hydrogen-bond acceptors (Lipinski definition) is 4. The molecule has 0 saturated carbocycles. The van der Waals surface area contributed by atoms with Gasteiger partial charge in [-0.3, -0.25) is 4.79 Å². The first-order valence-electron chi connectivity index (χ1n) is 6.71. The minimum absolute atomic E-state index is 0.0593. The quantitative estimate of drug-likeness (QED) is 0.651. The summed E-state index contributed by atoms with van der Waals surface area (Å²) in [4.78, 5) is 15.8. The molecule has 2 aromatic carbocycles. The molecule has 0 atom stereocenters. The number of thiazole rings is 1. The Bertz CT molecular complexity index is 812. The van der Waals surface area contributed by atoms with Gasteiger partial charge in [0.1, 0.15) is 0 Å². The number of aromatic nitrogens is 1. The molecule has 3 aromatic rings. The van der Waals surface area contributed by atoms with E-state index in [4.69, 9.17) is 11.6 Å². The normalized spacial score (nSPS) is 10.5. The Kier molecular flexibility index (Phi) is 4.22.